The lowest BCUT2D eigenvalue weighted by Gasteiger charge is -2.41. The van der Waals surface area contributed by atoms with Crippen molar-refractivity contribution in [3.63, 3.8) is 0 Å². The van der Waals surface area contributed by atoms with E-state index in [4.69, 9.17) is 29.6 Å². The Labute approximate surface area is 171 Å². The summed E-state index contributed by atoms with van der Waals surface area (Å²) in [6, 6.07) is 8.54. The molecule has 140 valence electrons. The fourth-order valence-electron chi connectivity index (χ4n) is 2.96. The average molecular weight is 422 g/mol. The molecular weight excluding hydrogens is 405 g/mol. The molecule has 2 aromatic rings. The van der Waals surface area contributed by atoms with E-state index in [2.05, 4.69) is 11.2 Å². The second kappa shape index (κ2) is 8.66. The number of nitrogens with one attached hydrogen (secondary N) is 1. The fraction of sp³-hybridized carbons (Fsp3) is 0.263. The van der Waals surface area contributed by atoms with E-state index in [0.717, 1.165) is 10.6 Å². The van der Waals surface area contributed by atoms with Crippen molar-refractivity contribution in [3.8, 4) is 12.3 Å². The van der Waals surface area contributed by atoms with Gasteiger partial charge in [-0.05, 0) is 35.6 Å². The van der Waals surface area contributed by atoms with Gasteiger partial charge < -0.3 is 15.1 Å². The van der Waals surface area contributed by atoms with Gasteiger partial charge in [0.2, 0.25) is 5.91 Å². The van der Waals surface area contributed by atoms with E-state index in [9.17, 15) is 9.59 Å². The highest BCUT2D eigenvalue weighted by molar-refractivity contribution is 7.09. The Morgan fingerprint density at radius 1 is 1.26 bits per heavy atom. The normalized spacial score (nSPS) is 16.7. The number of hydrogen-bond donors (Lipinski definition) is 1. The largest absolute Gasteiger partial charge is 0.356 e. The van der Waals surface area contributed by atoms with Gasteiger partial charge in [-0.2, -0.15) is 0 Å². The topological polar surface area (TPSA) is 52.7 Å². The zero-order chi connectivity index (χ0) is 19.4. The molecule has 0 radical (unpaired) electrons. The van der Waals surface area contributed by atoms with Crippen LogP contribution < -0.4 is 10.2 Å². The molecule has 1 aromatic carbocycles. The molecule has 0 saturated carbocycles. The molecular formula is C19H17Cl2N3O2S. The van der Waals surface area contributed by atoms with Crippen molar-refractivity contribution in [2.45, 2.75) is 12.6 Å². The first-order valence-electron chi connectivity index (χ1n) is 8.27. The summed E-state index contributed by atoms with van der Waals surface area (Å²) in [5, 5.41) is 5.75. The van der Waals surface area contributed by atoms with Crippen LogP contribution in [0.25, 0.3) is 0 Å². The smallest absolute Gasteiger partial charge is 0.298 e. The Hall–Kier alpha value is -2.20. The van der Waals surface area contributed by atoms with Crippen LogP contribution in [0.4, 0.5) is 5.69 Å². The predicted molar refractivity (Wildman–Crippen MR) is 109 cm³/mol. The molecule has 0 unspecified atom stereocenters. The Balaban J connectivity index is 1.81. The highest BCUT2D eigenvalue weighted by Crippen LogP contribution is 2.29. The Kier molecular flexibility index (Phi) is 6.27. The zero-order valence-electron chi connectivity index (χ0n) is 14.3. The van der Waals surface area contributed by atoms with Crippen molar-refractivity contribution >= 4 is 52.0 Å². The van der Waals surface area contributed by atoms with Crippen molar-refractivity contribution in [2.75, 3.05) is 24.5 Å². The molecule has 0 spiro atoms. The van der Waals surface area contributed by atoms with E-state index >= 15 is 0 Å². The average Bonchev–Trinajstić information content (AvgIpc) is 3.21. The first kappa shape index (κ1) is 19.6. The van der Waals surface area contributed by atoms with Gasteiger partial charge in [0.1, 0.15) is 6.04 Å². The molecule has 1 saturated heterocycles. The molecule has 1 aliphatic rings. The maximum absolute atomic E-state index is 12.9. The van der Waals surface area contributed by atoms with Crippen LogP contribution in [0.1, 0.15) is 4.88 Å². The molecule has 5 nitrogen and oxygen atoms in total. The lowest BCUT2D eigenvalue weighted by Crippen LogP contribution is -2.60. The molecule has 1 fully saturated rings. The first-order chi connectivity index (χ1) is 13.0. The number of terminal acetylenes is 1. The molecule has 1 N–H and O–H groups in total. The number of halogens is 2. The van der Waals surface area contributed by atoms with Crippen molar-refractivity contribution in [1.29, 1.82) is 0 Å². The summed E-state index contributed by atoms with van der Waals surface area (Å²) in [6.45, 7) is 1.53. The third-order valence-corrected chi connectivity index (χ3v) is 5.96. The lowest BCUT2D eigenvalue weighted by molar-refractivity contribution is -0.128. The van der Waals surface area contributed by atoms with Gasteiger partial charge in [0.25, 0.3) is 5.91 Å². The number of rotatable bonds is 4. The molecule has 2 heterocycles. The number of hydrogen-bond acceptors (Lipinski definition) is 4. The van der Waals surface area contributed by atoms with Gasteiger partial charge >= 0.3 is 0 Å². The summed E-state index contributed by atoms with van der Waals surface area (Å²) in [5.74, 6) is 1.53. The van der Waals surface area contributed by atoms with Crippen LogP contribution in [0.15, 0.2) is 35.7 Å². The van der Waals surface area contributed by atoms with Crippen molar-refractivity contribution < 1.29 is 9.59 Å². The van der Waals surface area contributed by atoms with Gasteiger partial charge in [-0.25, -0.2) is 0 Å². The van der Waals surface area contributed by atoms with Crippen molar-refractivity contribution in [2.24, 2.45) is 0 Å². The van der Waals surface area contributed by atoms with Gasteiger partial charge in [-0.3, -0.25) is 9.59 Å². The first-order valence-corrected chi connectivity index (χ1v) is 9.90. The Morgan fingerprint density at radius 3 is 2.74 bits per heavy atom. The van der Waals surface area contributed by atoms with E-state index in [1.807, 2.05) is 28.5 Å². The third kappa shape index (κ3) is 4.56. The van der Waals surface area contributed by atoms with E-state index in [1.54, 1.807) is 23.5 Å². The van der Waals surface area contributed by atoms with E-state index in [-0.39, 0.29) is 12.5 Å². The number of carbonyl (C=O) groups is 2. The number of carbonyl (C=O) groups excluding carboxylic acids is 2. The predicted octanol–water partition coefficient (Wildman–Crippen LogP) is 3.02. The van der Waals surface area contributed by atoms with Gasteiger partial charge in [-0.1, -0.05) is 29.3 Å². The SMILES string of the molecule is C#CC(=O)N1CCN(c2ccc(Cl)c(Cl)c2)[C@H](C(=O)NCc2cccs2)C1. The summed E-state index contributed by atoms with van der Waals surface area (Å²) in [6.07, 6.45) is 5.24. The highest BCUT2D eigenvalue weighted by Gasteiger charge is 2.34. The maximum Gasteiger partial charge on any atom is 0.298 e. The van der Waals surface area contributed by atoms with Crippen LogP contribution in [0, 0.1) is 12.3 Å². The van der Waals surface area contributed by atoms with Gasteiger partial charge in [0.15, 0.2) is 0 Å². The van der Waals surface area contributed by atoms with Crippen LogP contribution >= 0.6 is 34.5 Å². The molecule has 1 aliphatic heterocycles. The minimum atomic E-state index is -0.576. The highest BCUT2D eigenvalue weighted by atomic mass is 35.5. The number of nitrogens with zero attached hydrogens (tertiary/aromatic N) is 2. The minimum absolute atomic E-state index is 0.177. The van der Waals surface area contributed by atoms with Crippen LogP contribution in [0.2, 0.25) is 10.0 Å². The molecule has 1 atom stereocenters. The third-order valence-electron chi connectivity index (χ3n) is 4.35. The monoisotopic (exact) mass is 421 g/mol. The minimum Gasteiger partial charge on any atom is -0.356 e. The lowest BCUT2D eigenvalue weighted by atomic mass is 10.1. The second-order valence-corrected chi connectivity index (χ2v) is 7.85. The Bertz CT molecular complexity index is 880. The van der Waals surface area contributed by atoms with Crippen molar-refractivity contribution in [1.82, 2.24) is 10.2 Å². The number of piperazine rings is 1. The Morgan fingerprint density at radius 2 is 2.07 bits per heavy atom. The molecule has 27 heavy (non-hydrogen) atoms. The number of amides is 2. The number of thiophene rings is 1. The molecule has 1 aromatic heterocycles. The van der Waals surface area contributed by atoms with Crippen LogP contribution in [0.3, 0.4) is 0 Å². The molecule has 0 bridgehead atoms. The summed E-state index contributed by atoms with van der Waals surface area (Å²) in [7, 11) is 0. The summed E-state index contributed by atoms with van der Waals surface area (Å²) >= 11 is 13.7. The fourth-order valence-corrected chi connectivity index (χ4v) is 3.90. The summed E-state index contributed by atoms with van der Waals surface area (Å²) in [4.78, 5) is 29.3. The maximum atomic E-state index is 12.9. The van der Waals surface area contributed by atoms with Crippen LogP contribution in [0.5, 0.6) is 0 Å². The van der Waals surface area contributed by atoms with Gasteiger partial charge in [0.05, 0.1) is 23.1 Å². The van der Waals surface area contributed by atoms with E-state index in [1.165, 1.54) is 4.90 Å². The second-order valence-electron chi connectivity index (χ2n) is 6.00. The molecule has 0 aliphatic carbocycles. The van der Waals surface area contributed by atoms with Gasteiger partial charge in [0, 0.05) is 23.7 Å². The number of anilines is 1. The summed E-state index contributed by atoms with van der Waals surface area (Å²) < 4.78 is 0. The summed E-state index contributed by atoms with van der Waals surface area (Å²) in [5.41, 5.74) is 0.772. The van der Waals surface area contributed by atoms with Crippen LogP contribution in [-0.4, -0.2) is 42.4 Å². The molecule has 8 heteroatoms. The molecule has 2 amide bonds. The van der Waals surface area contributed by atoms with Crippen LogP contribution in [-0.2, 0) is 16.1 Å². The standard InChI is InChI=1S/C19H17Cl2N3O2S/c1-2-18(25)23-7-8-24(13-5-6-15(20)16(21)10-13)17(12-23)19(26)22-11-14-4-3-9-27-14/h1,3-6,9-10,17H,7-8,11-12H2,(H,22,26)/t17-/m0/s1. The zero-order valence-corrected chi connectivity index (χ0v) is 16.7. The number of benzene rings is 1. The quantitative estimate of drug-likeness (QED) is 0.771. The van der Waals surface area contributed by atoms with E-state index < -0.39 is 11.9 Å². The molecule has 3 rings (SSSR count). The van der Waals surface area contributed by atoms with Crippen molar-refractivity contribution in [3.05, 3.63) is 50.6 Å². The van der Waals surface area contributed by atoms with Gasteiger partial charge in [-0.15, -0.1) is 17.8 Å². The van der Waals surface area contributed by atoms with E-state index in [0.29, 0.717) is 29.7 Å².